The van der Waals surface area contributed by atoms with Gasteiger partial charge in [0.15, 0.2) is 0 Å². The lowest BCUT2D eigenvalue weighted by Gasteiger charge is -2.10. The molecule has 0 fully saturated rings. The second-order valence-corrected chi connectivity index (χ2v) is 4.29. The van der Waals surface area contributed by atoms with Crippen LogP contribution >= 0.6 is 0 Å². The lowest BCUT2D eigenvalue weighted by Crippen LogP contribution is -2.27. The largest absolute Gasteiger partial charge is 0.377 e. The smallest absolute Gasteiger partial charge is 0.221 e. The lowest BCUT2D eigenvalue weighted by molar-refractivity contribution is -0.121. The molecule has 1 aromatic carbocycles. The first-order valence-corrected chi connectivity index (χ1v) is 6.89. The number of hydrogen-bond acceptors (Lipinski definition) is 3. The monoisotopic (exact) mass is 264 g/mol. The van der Waals surface area contributed by atoms with E-state index < -0.39 is 0 Å². The Morgan fingerprint density at radius 2 is 1.95 bits per heavy atom. The Labute approximate surface area is 115 Å². The van der Waals surface area contributed by atoms with E-state index in [1.165, 1.54) is 0 Å². The minimum atomic E-state index is 0.0761. The SMILES string of the molecule is CCNCCC(=O)NCc1ccccc1COCC. The van der Waals surface area contributed by atoms with Crippen LogP contribution in [0.25, 0.3) is 0 Å². The Balaban J connectivity index is 2.41. The van der Waals surface area contributed by atoms with Crippen LogP contribution in [0.4, 0.5) is 0 Å². The van der Waals surface area contributed by atoms with Crippen LogP contribution in [0.2, 0.25) is 0 Å². The normalized spacial score (nSPS) is 10.4. The molecule has 0 radical (unpaired) electrons. The fourth-order valence-electron chi connectivity index (χ4n) is 1.74. The molecule has 0 unspecified atom stereocenters. The maximum atomic E-state index is 11.6. The van der Waals surface area contributed by atoms with Gasteiger partial charge in [0, 0.05) is 26.1 Å². The van der Waals surface area contributed by atoms with Crippen LogP contribution in [-0.4, -0.2) is 25.6 Å². The molecule has 0 saturated carbocycles. The molecular formula is C15H24N2O2. The Kier molecular flexibility index (Phi) is 7.86. The Morgan fingerprint density at radius 3 is 2.63 bits per heavy atom. The van der Waals surface area contributed by atoms with E-state index in [-0.39, 0.29) is 5.91 Å². The highest BCUT2D eigenvalue weighted by Crippen LogP contribution is 2.09. The summed E-state index contributed by atoms with van der Waals surface area (Å²) in [5.74, 6) is 0.0761. The number of benzene rings is 1. The van der Waals surface area contributed by atoms with Crippen molar-refractivity contribution in [3.63, 3.8) is 0 Å². The number of ether oxygens (including phenoxy) is 1. The second kappa shape index (κ2) is 9.53. The van der Waals surface area contributed by atoms with Gasteiger partial charge in [-0.15, -0.1) is 0 Å². The molecule has 0 spiro atoms. The Bertz CT molecular complexity index is 380. The van der Waals surface area contributed by atoms with Gasteiger partial charge >= 0.3 is 0 Å². The summed E-state index contributed by atoms with van der Waals surface area (Å²) in [6.45, 7) is 7.48. The first-order valence-electron chi connectivity index (χ1n) is 6.89. The van der Waals surface area contributed by atoms with E-state index >= 15 is 0 Å². The highest BCUT2D eigenvalue weighted by molar-refractivity contribution is 5.76. The fourth-order valence-corrected chi connectivity index (χ4v) is 1.74. The molecule has 0 aliphatic rings. The van der Waals surface area contributed by atoms with Gasteiger partial charge in [0.05, 0.1) is 6.61 Å². The van der Waals surface area contributed by atoms with Gasteiger partial charge in [0.2, 0.25) is 5.91 Å². The molecule has 4 heteroatoms. The third-order valence-corrected chi connectivity index (χ3v) is 2.83. The van der Waals surface area contributed by atoms with Crippen LogP contribution in [0.15, 0.2) is 24.3 Å². The third-order valence-electron chi connectivity index (χ3n) is 2.83. The summed E-state index contributed by atoms with van der Waals surface area (Å²) >= 11 is 0. The summed E-state index contributed by atoms with van der Waals surface area (Å²) in [7, 11) is 0. The molecule has 1 amide bonds. The first kappa shape index (κ1) is 15.7. The molecule has 19 heavy (non-hydrogen) atoms. The summed E-state index contributed by atoms with van der Waals surface area (Å²) in [6.07, 6.45) is 0.515. The van der Waals surface area contributed by atoms with Crippen molar-refractivity contribution in [1.82, 2.24) is 10.6 Å². The molecule has 0 heterocycles. The summed E-state index contributed by atoms with van der Waals surface area (Å²) < 4.78 is 5.42. The van der Waals surface area contributed by atoms with Gasteiger partial charge in [-0.1, -0.05) is 31.2 Å². The molecule has 4 nitrogen and oxygen atoms in total. The van der Waals surface area contributed by atoms with Crippen molar-refractivity contribution in [3.05, 3.63) is 35.4 Å². The lowest BCUT2D eigenvalue weighted by atomic mass is 10.1. The Morgan fingerprint density at radius 1 is 1.21 bits per heavy atom. The van der Waals surface area contributed by atoms with Crippen LogP contribution in [0.3, 0.4) is 0 Å². The van der Waals surface area contributed by atoms with Gasteiger partial charge in [0.1, 0.15) is 0 Å². The van der Waals surface area contributed by atoms with E-state index in [1.807, 2.05) is 38.1 Å². The van der Waals surface area contributed by atoms with Crippen molar-refractivity contribution >= 4 is 5.91 Å². The van der Waals surface area contributed by atoms with Crippen molar-refractivity contribution in [3.8, 4) is 0 Å². The average Bonchev–Trinajstić information content (AvgIpc) is 2.44. The van der Waals surface area contributed by atoms with E-state index in [4.69, 9.17) is 4.74 Å². The zero-order valence-corrected chi connectivity index (χ0v) is 11.9. The van der Waals surface area contributed by atoms with Crippen molar-refractivity contribution in [2.24, 2.45) is 0 Å². The molecule has 0 saturated heterocycles. The highest BCUT2D eigenvalue weighted by Gasteiger charge is 2.04. The van der Waals surface area contributed by atoms with Crippen molar-refractivity contribution in [2.45, 2.75) is 33.4 Å². The number of rotatable bonds is 9. The molecule has 1 rings (SSSR count). The van der Waals surface area contributed by atoms with Gasteiger partial charge in [-0.2, -0.15) is 0 Å². The molecule has 0 aromatic heterocycles. The molecule has 0 aliphatic heterocycles. The summed E-state index contributed by atoms with van der Waals surface area (Å²) in [4.78, 5) is 11.6. The zero-order chi connectivity index (χ0) is 13.9. The fraction of sp³-hybridized carbons (Fsp3) is 0.533. The van der Waals surface area contributed by atoms with Gasteiger partial charge < -0.3 is 15.4 Å². The Hall–Kier alpha value is -1.39. The summed E-state index contributed by atoms with van der Waals surface area (Å²) in [5, 5.41) is 6.08. The standard InChI is InChI=1S/C15H24N2O2/c1-3-16-10-9-15(18)17-11-13-7-5-6-8-14(13)12-19-4-2/h5-8,16H,3-4,9-12H2,1-2H3,(H,17,18). The highest BCUT2D eigenvalue weighted by atomic mass is 16.5. The van der Waals surface area contributed by atoms with Crippen LogP contribution in [0.5, 0.6) is 0 Å². The van der Waals surface area contributed by atoms with Gasteiger partial charge in [-0.05, 0) is 24.6 Å². The minimum Gasteiger partial charge on any atom is -0.377 e. The third kappa shape index (κ3) is 6.36. The first-order chi connectivity index (χ1) is 9.27. The van der Waals surface area contributed by atoms with E-state index in [1.54, 1.807) is 0 Å². The van der Waals surface area contributed by atoms with Crippen LogP contribution in [0, 0.1) is 0 Å². The van der Waals surface area contributed by atoms with Crippen molar-refractivity contribution < 1.29 is 9.53 Å². The maximum absolute atomic E-state index is 11.6. The number of carbonyl (C=O) groups excluding carboxylic acids is 1. The molecule has 0 bridgehead atoms. The average molecular weight is 264 g/mol. The molecule has 0 atom stereocenters. The summed E-state index contributed by atoms with van der Waals surface area (Å²) in [5.41, 5.74) is 2.25. The molecule has 0 aliphatic carbocycles. The number of amides is 1. The summed E-state index contributed by atoms with van der Waals surface area (Å²) in [6, 6.07) is 8.04. The van der Waals surface area contributed by atoms with E-state index in [0.29, 0.717) is 26.2 Å². The minimum absolute atomic E-state index is 0.0761. The van der Waals surface area contributed by atoms with E-state index in [0.717, 1.165) is 24.2 Å². The van der Waals surface area contributed by atoms with E-state index in [9.17, 15) is 4.79 Å². The van der Waals surface area contributed by atoms with Gasteiger partial charge in [-0.3, -0.25) is 4.79 Å². The predicted octanol–water partition coefficient (Wildman–Crippen LogP) is 1.84. The van der Waals surface area contributed by atoms with Crippen molar-refractivity contribution in [1.29, 1.82) is 0 Å². The van der Waals surface area contributed by atoms with Crippen LogP contribution in [-0.2, 0) is 22.7 Å². The predicted molar refractivity (Wildman–Crippen MR) is 76.8 cm³/mol. The molecule has 106 valence electrons. The quantitative estimate of drug-likeness (QED) is 0.669. The number of carbonyl (C=O) groups is 1. The molecular weight excluding hydrogens is 240 g/mol. The maximum Gasteiger partial charge on any atom is 0.221 e. The zero-order valence-electron chi connectivity index (χ0n) is 11.9. The topological polar surface area (TPSA) is 50.4 Å². The number of hydrogen-bond donors (Lipinski definition) is 2. The van der Waals surface area contributed by atoms with Gasteiger partial charge in [0.25, 0.3) is 0 Å². The molecule has 1 aromatic rings. The van der Waals surface area contributed by atoms with Crippen LogP contribution in [0.1, 0.15) is 31.4 Å². The second-order valence-electron chi connectivity index (χ2n) is 4.29. The number of nitrogens with one attached hydrogen (secondary N) is 2. The van der Waals surface area contributed by atoms with Gasteiger partial charge in [-0.25, -0.2) is 0 Å². The van der Waals surface area contributed by atoms with Crippen LogP contribution < -0.4 is 10.6 Å². The van der Waals surface area contributed by atoms with Crippen molar-refractivity contribution in [2.75, 3.05) is 19.7 Å². The molecule has 2 N–H and O–H groups in total. The van der Waals surface area contributed by atoms with E-state index in [2.05, 4.69) is 10.6 Å².